The van der Waals surface area contributed by atoms with Gasteiger partial charge in [-0.1, -0.05) is 18.2 Å². The number of aryl methyl sites for hydroxylation is 1. The summed E-state index contributed by atoms with van der Waals surface area (Å²) in [5, 5.41) is 5.68. The quantitative estimate of drug-likeness (QED) is 0.602. The van der Waals surface area contributed by atoms with Crippen molar-refractivity contribution in [2.24, 2.45) is 7.05 Å². The molecule has 1 amide bonds. The molecular weight excluding hydrogens is 382 g/mol. The average molecular weight is 407 g/mol. The van der Waals surface area contributed by atoms with Crippen molar-refractivity contribution >= 4 is 16.7 Å². The molecule has 7 nitrogen and oxygen atoms in total. The Labute approximate surface area is 174 Å². The highest BCUT2D eigenvalue weighted by molar-refractivity contribution is 5.88. The summed E-state index contributed by atoms with van der Waals surface area (Å²) < 4.78 is 12.1. The van der Waals surface area contributed by atoms with Crippen LogP contribution in [-0.4, -0.2) is 40.8 Å². The molecule has 1 aromatic heterocycles. The molecule has 2 aromatic carbocycles. The van der Waals surface area contributed by atoms with E-state index in [-0.39, 0.29) is 23.9 Å². The van der Waals surface area contributed by atoms with Gasteiger partial charge in [0.05, 0.1) is 31.7 Å². The van der Waals surface area contributed by atoms with Crippen LogP contribution in [0.5, 0.6) is 11.5 Å². The molecule has 1 heterocycles. The predicted octanol–water partition coefficient (Wildman–Crippen LogP) is 2.68. The normalized spacial score (nSPS) is 13.3. The highest BCUT2D eigenvalue weighted by Crippen LogP contribution is 2.32. The topological polar surface area (TPSA) is 73.7 Å². The molecule has 1 saturated carbocycles. The fraction of sp³-hybridized carbons (Fsp3) is 0.348. The van der Waals surface area contributed by atoms with E-state index in [9.17, 15) is 9.59 Å². The standard InChI is InChI=1S/C23H25N3O4/c1-25-23(28)19-7-5-4-6-18(19)20(24-25)13-22(27)26(16-8-9-16)14-15-12-17(29-2)10-11-21(15)30-3/h4-7,10-12,16H,8-9,13-14H2,1-3H3. The van der Waals surface area contributed by atoms with Crippen molar-refractivity contribution in [2.75, 3.05) is 14.2 Å². The van der Waals surface area contributed by atoms with Gasteiger partial charge < -0.3 is 14.4 Å². The van der Waals surface area contributed by atoms with Crippen LogP contribution in [-0.2, 0) is 24.8 Å². The van der Waals surface area contributed by atoms with E-state index in [0.717, 1.165) is 35.3 Å². The van der Waals surface area contributed by atoms with Gasteiger partial charge in [-0.2, -0.15) is 5.10 Å². The molecule has 0 atom stereocenters. The van der Waals surface area contributed by atoms with Gasteiger partial charge >= 0.3 is 0 Å². The molecule has 0 bridgehead atoms. The molecule has 30 heavy (non-hydrogen) atoms. The summed E-state index contributed by atoms with van der Waals surface area (Å²) in [6.45, 7) is 0.438. The van der Waals surface area contributed by atoms with Gasteiger partial charge in [-0.25, -0.2) is 4.68 Å². The predicted molar refractivity (Wildman–Crippen MR) is 114 cm³/mol. The number of rotatable bonds is 7. The molecular formula is C23H25N3O4. The van der Waals surface area contributed by atoms with Crippen molar-refractivity contribution in [1.82, 2.24) is 14.7 Å². The van der Waals surface area contributed by atoms with Crippen LogP contribution in [0.1, 0.15) is 24.1 Å². The first-order chi connectivity index (χ1) is 14.5. The minimum Gasteiger partial charge on any atom is -0.497 e. The molecule has 7 heteroatoms. The number of carbonyl (C=O) groups excluding carboxylic acids is 1. The van der Waals surface area contributed by atoms with Gasteiger partial charge in [0.1, 0.15) is 11.5 Å². The van der Waals surface area contributed by atoms with Crippen molar-refractivity contribution in [1.29, 1.82) is 0 Å². The third-order valence-electron chi connectivity index (χ3n) is 5.49. The van der Waals surface area contributed by atoms with E-state index in [1.165, 1.54) is 4.68 Å². The lowest BCUT2D eigenvalue weighted by molar-refractivity contribution is -0.131. The Bertz CT molecular complexity index is 1150. The number of nitrogens with zero attached hydrogens (tertiary/aromatic N) is 3. The van der Waals surface area contributed by atoms with E-state index in [4.69, 9.17) is 9.47 Å². The van der Waals surface area contributed by atoms with Gasteiger partial charge in [0.2, 0.25) is 5.91 Å². The summed E-state index contributed by atoms with van der Waals surface area (Å²) in [5.74, 6) is 1.43. The fourth-order valence-electron chi connectivity index (χ4n) is 3.75. The van der Waals surface area contributed by atoms with E-state index in [0.29, 0.717) is 17.6 Å². The third kappa shape index (κ3) is 3.87. The number of fused-ring (bicyclic) bond motifs is 1. The lowest BCUT2D eigenvalue weighted by Gasteiger charge is -2.24. The van der Waals surface area contributed by atoms with E-state index >= 15 is 0 Å². The minimum absolute atomic E-state index is 0.0151. The number of hydrogen-bond donors (Lipinski definition) is 0. The molecule has 0 saturated heterocycles. The first-order valence-electron chi connectivity index (χ1n) is 9.97. The first-order valence-corrected chi connectivity index (χ1v) is 9.97. The van der Waals surface area contributed by atoms with Crippen molar-refractivity contribution in [2.45, 2.75) is 31.8 Å². The summed E-state index contributed by atoms with van der Waals surface area (Å²) in [7, 11) is 4.85. The molecule has 0 radical (unpaired) electrons. The zero-order chi connectivity index (χ0) is 21.3. The first kappa shape index (κ1) is 19.9. The highest BCUT2D eigenvalue weighted by Gasteiger charge is 2.33. The maximum Gasteiger partial charge on any atom is 0.274 e. The van der Waals surface area contributed by atoms with Crippen molar-refractivity contribution in [3.05, 3.63) is 64.1 Å². The molecule has 0 aliphatic heterocycles. The van der Waals surface area contributed by atoms with Crippen LogP contribution >= 0.6 is 0 Å². The number of methoxy groups -OCH3 is 2. The minimum atomic E-state index is -0.165. The van der Waals surface area contributed by atoms with Gasteiger partial charge in [0.25, 0.3) is 5.56 Å². The van der Waals surface area contributed by atoms with Crippen LogP contribution in [0, 0.1) is 0 Å². The number of ether oxygens (including phenoxy) is 2. The second kappa shape index (κ2) is 8.18. The van der Waals surface area contributed by atoms with Gasteiger partial charge in [-0.05, 0) is 37.1 Å². The number of amides is 1. The average Bonchev–Trinajstić information content (AvgIpc) is 3.60. The van der Waals surface area contributed by atoms with Gasteiger partial charge in [-0.3, -0.25) is 9.59 Å². The van der Waals surface area contributed by atoms with Crippen LogP contribution < -0.4 is 15.0 Å². The van der Waals surface area contributed by atoms with E-state index in [1.807, 2.05) is 41.3 Å². The highest BCUT2D eigenvalue weighted by atomic mass is 16.5. The van der Waals surface area contributed by atoms with Crippen LogP contribution in [0.25, 0.3) is 10.8 Å². The lowest BCUT2D eigenvalue weighted by Crippen LogP contribution is -2.35. The van der Waals surface area contributed by atoms with Gasteiger partial charge in [0, 0.05) is 30.6 Å². The molecule has 1 aliphatic carbocycles. The summed E-state index contributed by atoms with van der Waals surface area (Å²) >= 11 is 0. The van der Waals surface area contributed by atoms with Crippen LogP contribution in [0.15, 0.2) is 47.3 Å². The lowest BCUT2D eigenvalue weighted by atomic mass is 10.1. The zero-order valence-electron chi connectivity index (χ0n) is 17.4. The Hall–Kier alpha value is -3.35. The molecule has 4 rings (SSSR count). The Morgan fingerprint density at radius 3 is 2.53 bits per heavy atom. The SMILES string of the molecule is COc1ccc(OC)c(CN(C(=O)Cc2nn(C)c(=O)c3ccccc23)C2CC2)c1. The van der Waals surface area contributed by atoms with Crippen molar-refractivity contribution in [3.8, 4) is 11.5 Å². The smallest absolute Gasteiger partial charge is 0.274 e. The molecule has 3 aromatic rings. The number of carbonyl (C=O) groups is 1. The Kier molecular flexibility index (Phi) is 5.44. The molecule has 156 valence electrons. The Morgan fingerprint density at radius 1 is 1.13 bits per heavy atom. The van der Waals surface area contributed by atoms with E-state index in [2.05, 4.69) is 5.10 Å². The number of hydrogen-bond acceptors (Lipinski definition) is 5. The zero-order valence-corrected chi connectivity index (χ0v) is 17.4. The second-order valence-corrected chi connectivity index (χ2v) is 7.53. The molecule has 0 N–H and O–H groups in total. The molecule has 0 spiro atoms. The van der Waals surface area contributed by atoms with Crippen LogP contribution in [0.3, 0.4) is 0 Å². The maximum atomic E-state index is 13.3. The third-order valence-corrected chi connectivity index (χ3v) is 5.49. The second-order valence-electron chi connectivity index (χ2n) is 7.53. The molecule has 0 unspecified atom stereocenters. The summed E-state index contributed by atoms with van der Waals surface area (Å²) in [6, 6.07) is 13.1. The maximum absolute atomic E-state index is 13.3. The van der Waals surface area contributed by atoms with Gasteiger partial charge in [0.15, 0.2) is 0 Å². The number of benzene rings is 2. The Morgan fingerprint density at radius 2 is 1.87 bits per heavy atom. The van der Waals surface area contributed by atoms with Crippen molar-refractivity contribution in [3.63, 3.8) is 0 Å². The summed E-state index contributed by atoms with van der Waals surface area (Å²) in [5.41, 5.74) is 1.35. The number of aromatic nitrogens is 2. The monoisotopic (exact) mass is 407 g/mol. The van der Waals surface area contributed by atoms with E-state index < -0.39 is 0 Å². The van der Waals surface area contributed by atoms with Crippen molar-refractivity contribution < 1.29 is 14.3 Å². The molecule has 1 aliphatic rings. The van der Waals surface area contributed by atoms with Crippen LogP contribution in [0.4, 0.5) is 0 Å². The fourth-order valence-corrected chi connectivity index (χ4v) is 3.75. The summed E-state index contributed by atoms with van der Waals surface area (Å²) in [4.78, 5) is 27.6. The molecule has 1 fully saturated rings. The van der Waals surface area contributed by atoms with Crippen LogP contribution in [0.2, 0.25) is 0 Å². The largest absolute Gasteiger partial charge is 0.497 e. The van der Waals surface area contributed by atoms with E-state index in [1.54, 1.807) is 27.3 Å². The van der Waals surface area contributed by atoms with Gasteiger partial charge in [-0.15, -0.1) is 0 Å². The summed E-state index contributed by atoms with van der Waals surface area (Å²) in [6.07, 6.45) is 2.11. The Balaban J connectivity index is 1.64.